The maximum Gasteiger partial charge on any atom is 0.287 e. The molecule has 2 heterocycles. The van der Waals surface area contributed by atoms with Gasteiger partial charge < -0.3 is 25.3 Å². The SMILES string of the molecule is CCNC(=NCCCN1CCCC1=O)NCCCNC(=O)c1occc1C.I. The van der Waals surface area contributed by atoms with E-state index in [4.69, 9.17) is 4.42 Å². The molecule has 0 aromatic carbocycles. The number of hydrogen-bond donors (Lipinski definition) is 3. The molecule has 28 heavy (non-hydrogen) atoms. The van der Waals surface area contributed by atoms with Crippen molar-refractivity contribution in [3.8, 4) is 0 Å². The second-order valence-electron chi connectivity index (χ2n) is 6.57. The van der Waals surface area contributed by atoms with Gasteiger partial charge in [0.15, 0.2) is 11.7 Å². The van der Waals surface area contributed by atoms with E-state index in [2.05, 4.69) is 20.9 Å². The zero-order valence-electron chi connectivity index (χ0n) is 16.8. The summed E-state index contributed by atoms with van der Waals surface area (Å²) in [6.45, 7) is 8.24. The minimum absolute atomic E-state index is 0. The predicted molar refractivity (Wildman–Crippen MR) is 120 cm³/mol. The van der Waals surface area contributed by atoms with Gasteiger partial charge in [0.2, 0.25) is 5.91 Å². The quantitative estimate of drug-likeness (QED) is 0.195. The van der Waals surface area contributed by atoms with Crippen molar-refractivity contribution in [2.75, 3.05) is 39.3 Å². The zero-order valence-corrected chi connectivity index (χ0v) is 19.1. The molecule has 0 saturated carbocycles. The smallest absolute Gasteiger partial charge is 0.287 e. The average molecular weight is 505 g/mol. The van der Waals surface area contributed by atoms with Crippen molar-refractivity contribution in [2.24, 2.45) is 4.99 Å². The molecule has 2 amide bonds. The molecule has 0 atom stereocenters. The Morgan fingerprint density at radius 3 is 2.68 bits per heavy atom. The highest BCUT2D eigenvalue weighted by Crippen LogP contribution is 2.09. The van der Waals surface area contributed by atoms with Crippen molar-refractivity contribution >= 4 is 41.8 Å². The number of hydrogen-bond acceptors (Lipinski definition) is 4. The number of aryl methyl sites for hydroxylation is 1. The molecule has 0 spiro atoms. The summed E-state index contributed by atoms with van der Waals surface area (Å²) in [5, 5.41) is 9.32. The number of likely N-dealkylation sites (tertiary alicyclic amines) is 1. The zero-order chi connectivity index (χ0) is 19.5. The lowest BCUT2D eigenvalue weighted by Crippen LogP contribution is -2.39. The van der Waals surface area contributed by atoms with Crippen molar-refractivity contribution in [2.45, 2.75) is 39.5 Å². The fraction of sp³-hybridized carbons (Fsp3) is 0.632. The second-order valence-corrected chi connectivity index (χ2v) is 6.57. The first-order chi connectivity index (χ1) is 13.1. The van der Waals surface area contributed by atoms with Crippen molar-refractivity contribution in [1.29, 1.82) is 0 Å². The highest BCUT2D eigenvalue weighted by Gasteiger charge is 2.18. The molecule has 0 unspecified atom stereocenters. The van der Waals surface area contributed by atoms with E-state index in [1.807, 2.05) is 18.7 Å². The van der Waals surface area contributed by atoms with Gasteiger partial charge in [0, 0.05) is 51.3 Å². The standard InChI is InChI=1S/C19H31N5O3.HI/c1-3-20-19(23-11-6-13-24-12-4-7-16(24)25)22-10-5-9-21-18(26)17-15(2)8-14-27-17;/h8,14H,3-7,9-13H2,1-2H3,(H,21,26)(H2,20,22,23);1H. The molecule has 0 bridgehead atoms. The monoisotopic (exact) mass is 505 g/mol. The Bertz CT molecular complexity index is 647. The van der Waals surface area contributed by atoms with Gasteiger partial charge in [0.1, 0.15) is 0 Å². The van der Waals surface area contributed by atoms with Crippen LogP contribution in [0.25, 0.3) is 0 Å². The summed E-state index contributed by atoms with van der Waals surface area (Å²) in [7, 11) is 0. The molecular weight excluding hydrogens is 473 g/mol. The van der Waals surface area contributed by atoms with Gasteiger partial charge in [-0.2, -0.15) is 0 Å². The molecular formula is C19H32IN5O3. The van der Waals surface area contributed by atoms with Gasteiger partial charge in [-0.1, -0.05) is 0 Å². The summed E-state index contributed by atoms with van der Waals surface area (Å²) in [4.78, 5) is 30.0. The van der Waals surface area contributed by atoms with Crippen LogP contribution in [0, 0.1) is 6.92 Å². The Labute approximate surface area is 183 Å². The average Bonchev–Trinajstić information content (AvgIpc) is 3.26. The molecule has 1 aliphatic rings. The molecule has 1 aliphatic heterocycles. The number of carbonyl (C=O) groups is 2. The molecule has 2 rings (SSSR count). The van der Waals surface area contributed by atoms with E-state index in [9.17, 15) is 9.59 Å². The number of furan rings is 1. The molecule has 3 N–H and O–H groups in total. The van der Waals surface area contributed by atoms with Crippen LogP contribution in [0.4, 0.5) is 0 Å². The topological polar surface area (TPSA) is 99.0 Å². The molecule has 9 heteroatoms. The van der Waals surface area contributed by atoms with Crippen LogP contribution < -0.4 is 16.0 Å². The molecule has 0 aliphatic carbocycles. The lowest BCUT2D eigenvalue weighted by atomic mass is 10.2. The molecule has 0 radical (unpaired) electrons. The third-order valence-electron chi connectivity index (χ3n) is 4.37. The van der Waals surface area contributed by atoms with E-state index in [1.165, 1.54) is 6.26 Å². The number of halogens is 1. The van der Waals surface area contributed by atoms with E-state index >= 15 is 0 Å². The molecule has 1 saturated heterocycles. The summed E-state index contributed by atoms with van der Waals surface area (Å²) in [5.41, 5.74) is 0.836. The number of guanidine groups is 1. The van der Waals surface area contributed by atoms with Crippen molar-refractivity contribution in [3.05, 3.63) is 23.7 Å². The largest absolute Gasteiger partial charge is 0.459 e. The third kappa shape index (κ3) is 8.07. The van der Waals surface area contributed by atoms with Gasteiger partial charge in [-0.3, -0.25) is 14.6 Å². The molecule has 1 fully saturated rings. The minimum atomic E-state index is -0.186. The molecule has 1 aromatic rings. The van der Waals surface area contributed by atoms with Crippen molar-refractivity contribution in [1.82, 2.24) is 20.9 Å². The fourth-order valence-electron chi connectivity index (χ4n) is 2.92. The highest BCUT2D eigenvalue weighted by atomic mass is 127. The second kappa shape index (κ2) is 13.4. The summed E-state index contributed by atoms with van der Waals surface area (Å²) in [6.07, 6.45) is 4.81. The highest BCUT2D eigenvalue weighted by molar-refractivity contribution is 14.0. The van der Waals surface area contributed by atoms with Gasteiger partial charge in [0.25, 0.3) is 5.91 Å². The Hall–Kier alpha value is -1.78. The Balaban J connectivity index is 0.00000392. The Kier molecular flexibility index (Phi) is 11.6. The van der Waals surface area contributed by atoms with Crippen molar-refractivity contribution in [3.63, 3.8) is 0 Å². The van der Waals surface area contributed by atoms with E-state index < -0.39 is 0 Å². The Morgan fingerprint density at radius 2 is 2.04 bits per heavy atom. The predicted octanol–water partition coefficient (Wildman–Crippen LogP) is 1.89. The van der Waals surface area contributed by atoms with E-state index in [-0.39, 0.29) is 35.8 Å². The van der Waals surface area contributed by atoms with Gasteiger partial charge >= 0.3 is 0 Å². The van der Waals surface area contributed by atoms with Crippen LogP contribution in [0.15, 0.2) is 21.7 Å². The summed E-state index contributed by atoms with van der Waals surface area (Å²) >= 11 is 0. The van der Waals surface area contributed by atoms with Crippen LogP contribution in [0.3, 0.4) is 0 Å². The van der Waals surface area contributed by atoms with Crippen LogP contribution in [0.5, 0.6) is 0 Å². The van der Waals surface area contributed by atoms with Gasteiger partial charge in [-0.15, -0.1) is 24.0 Å². The molecule has 8 nitrogen and oxygen atoms in total. The number of rotatable bonds is 10. The van der Waals surface area contributed by atoms with Gasteiger partial charge in [-0.05, 0) is 39.2 Å². The van der Waals surface area contributed by atoms with Gasteiger partial charge in [0.05, 0.1) is 6.26 Å². The first kappa shape index (κ1) is 24.3. The first-order valence-corrected chi connectivity index (χ1v) is 9.74. The molecule has 158 valence electrons. The lowest BCUT2D eigenvalue weighted by molar-refractivity contribution is -0.127. The van der Waals surface area contributed by atoms with Crippen LogP contribution in [-0.4, -0.2) is 61.9 Å². The number of nitrogens with one attached hydrogen (secondary N) is 3. The van der Waals surface area contributed by atoms with Crippen LogP contribution in [0.2, 0.25) is 0 Å². The van der Waals surface area contributed by atoms with Crippen molar-refractivity contribution < 1.29 is 14.0 Å². The number of nitrogens with zero attached hydrogens (tertiary/aromatic N) is 2. The normalized spacial score (nSPS) is 14.0. The minimum Gasteiger partial charge on any atom is -0.459 e. The summed E-state index contributed by atoms with van der Waals surface area (Å²) < 4.78 is 5.17. The van der Waals surface area contributed by atoms with Crippen LogP contribution in [-0.2, 0) is 4.79 Å². The maximum absolute atomic E-state index is 11.9. The number of aliphatic imine (C=N–C) groups is 1. The number of carbonyl (C=O) groups excluding carboxylic acids is 2. The van der Waals surface area contributed by atoms with Crippen LogP contribution >= 0.6 is 24.0 Å². The summed E-state index contributed by atoms with van der Waals surface area (Å²) in [5.74, 6) is 1.21. The van der Waals surface area contributed by atoms with Crippen LogP contribution in [0.1, 0.15) is 48.7 Å². The van der Waals surface area contributed by atoms with E-state index in [1.54, 1.807) is 6.07 Å². The number of amides is 2. The first-order valence-electron chi connectivity index (χ1n) is 9.74. The third-order valence-corrected chi connectivity index (χ3v) is 4.37. The lowest BCUT2D eigenvalue weighted by Gasteiger charge is -2.15. The summed E-state index contributed by atoms with van der Waals surface area (Å²) in [6, 6.07) is 1.77. The molecule has 1 aromatic heterocycles. The van der Waals surface area contributed by atoms with E-state index in [0.717, 1.165) is 50.4 Å². The fourth-order valence-corrected chi connectivity index (χ4v) is 2.92. The van der Waals surface area contributed by atoms with E-state index in [0.29, 0.717) is 31.8 Å². The maximum atomic E-state index is 11.9. The Morgan fingerprint density at radius 1 is 1.25 bits per heavy atom. The van der Waals surface area contributed by atoms with Gasteiger partial charge in [-0.25, -0.2) is 0 Å².